The van der Waals surface area contributed by atoms with Crippen molar-refractivity contribution < 1.29 is 14.0 Å². The van der Waals surface area contributed by atoms with Crippen molar-refractivity contribution >= 4 is 0 Å². The first kappa shape index (κ1) is 12.4. The van der Waals surface area contributed by atoms with Gasteiger partial charge in [0, 0.05) is 12.6 Å². The smallest absolute Gasteiger partial charge is 0.253 e. The van der Waals surface area contributed by atoms with Gasteiger partial charge in [-0.15, -0.1) is 0 Å². The van der Waals surface area contributed by atoms with Crippen LogP contribution in [-0.2, 0) is 11.3 Å². The molecular weight excluding hydrogens is 238 g/mol. The van der Waals surface area contributed by atoms with Gasteiger partial charge in [-0.05, 0) is 0 Å². The third-order valence-corrected chi connectivity index (χ3v) is 2.04. The van der Waals surface area contributed by atoms with Crippen molar-refractivity contribution in [3.05, 3.63) is 18.3 Å². The Balaban J connectivity index is 2.08. The van der Waals surface area contributed by atoms with Crippen LogP contribution < -0.4 is 10.5 Å². The molecule has 0 spiro atoms. The van der Waals surface area contributed by atoms with Gasteiger partial charge in [0.25, 0.3) is 5.89 Å². The van der Waals surface area contributed by atoms with E-state index in [1.54, 1.807) is 6.07 Å². The Morgan fingerprint density at radius 3 is 3.06 bits per heavy atom. The Morgan fingerprint density at radius 2 is 2.28 bits per heavy atom. The fourth-order valence-corrected chi connectivity index (χ4v) is 1.23. The molecule has 96 valence electrons. The largest absolute Gasteiger partial charge is 0.481 e. The minimum absolute atomic E-state index is 0.229. The second-order valence-electron chi connectivity index (χ2n) is 3.30. The van der Waals surface area contributed by atoms with Gasteiger partial charge in [0.1, 0.15) is 18.6 Å². The van der Waals surface area contributed by atoms with Crippen molar-refractivity contribution in [2.75, 3.05) is 20.3 Å². The average molecular weight is 251 g/mol. The molecule has 0 fully saturated rings. The summed E-state index contributed by atoms with van der Waals surface area (Å²) in [4.78, 5) is 12.1. The maximum absolute atomic E-state index is 5.30. The van der Waals surface area contributed by atoms with Gasteiger partial charge in [-0.2, -0.15) is 4.98 Å². The second kappa shape index (κ2) is 6.03. The number of hydrogen-bond acceptors (Lipinski definition) is 8. The first-order valence-electron chi connectivity index (χ1n) is 5.30. The van der Waals surface area contributed by atoms with E-state index in [9.17, 15) is 0 Å². The van der Waals surface area contributed by atoms with Crippen LogP contribution >= 0.6 is 0 Å². The van der Waals surface area contributed by atoms with E-state index in [1.807, 2.05) is 0 Å². The van der Waals surface area contributed by atoms with E-state index in [2.05, 4.69) is 20.1 Å². The molecule has 0 aliphatic rings. The Hall–Kier alpha value is -2.06. The average Bonchev–Trinajstić information content (AvgIpc) is 2.88. The molecule has 0 saturated heterocycles. The number of hydrogen-bond donors (Lipinski definition) is 1. The Labute approximate surface area is 103 Å². The molecule has 0 radical (unpaired) electrons. The molecule has 0 aliphatic carbocycles. The predicted octanol–water partition coefficient (Wildman–Crippen LogP) is 0.0105. The van der Waals surface area contributed by atoms with Crippen LogP contribution in [0.2, 0.25) is 0 Å². The van der Waals surface area contributed by atoms with E-state index in [1.165, 1.54) is 13.4 Å². The highest BCUT2D eigenvalue weighted by Crippen LogP contribution is 2.16. The molecule has 2 rings (SSSR count). The lowest BCUT2D eigenvalue weighted by atomic mass is 10.4. The Bertz CT molecular complexity index is 502. The van der Waals surface area contributed by atoms with Crippen molar-refractivity contribution in [3.8, 4) is 17.4 Å². The van der Waals surface area contributed by atoms with Gasteiger partial charge in [0.05, 0.1) is 13.7 Å². The number of ether oxygens (including phenoxy) is 2. The summed E-state index contributed by atoms with van der Waals surface area (Å²) in [7, 11) is 1.52. The molecule has 0 amide bonds. The SMILES string of the molecule is COc1cc(-c2noc(COCCN)n2)ncn1. The Kier molecular flexibility index (Phi) is 4.15. The zero-order valence-corrected chi connectivity index (χ0v) is 9.87. The van der Waals surface area contributed by atoms with Crippen molar-refractivity contribution in [2.45, 2.75) is 6.61 Å². The van der Waals surface area contributed by atoms with E-state index in [-0.39, 0.29) is 6.61 Å². The van der Waals surface area contributed by atoms with Gasteiger partial charge < -0.3 is 19.7 Å². The van der Waals surface area contributed by atoms with Crippen LogP contribution in [0.4, 0.5) is 0 Å². The summed E-state index contributed by atoms with van der Waals surface area (Å²) < 4.78 is 15.2. The summed E-state index contributed by atoms with van der Waals surface area (Å²) in [5, 5.41) is 3.80. The molecule has 0 unspecified atom stereocenters. The fraction of sp³-hybridized carbons (Fsp3) is 0.400. The van der Waals surface area contributed by atoms with Crippen molar-refractivity contribution in [3.63, 3.8) is 0 Å². The molecule has 2 aromatic heterocycles. The minimum Gasteiger partial charge on any atom is -0.481 e. The lowest BCUT2D eigenvalue weighted by Crippen LogP contribution is -2.08. The molecular formula is C10H13N5O3. The Morgan fingerprint density at radius 1 is 1.39 bits per heavy atom. The van der Waals surface area contributed by atoms with Gasteiger partial charge >= 0.3 is 0 Å². The molecule has 0 saturated carbocycles. The third kappa shape index (κ3) is 2.99. The number of methoxy groups -OCH3 is 1. The van der Waals surface area contributed by atoms with Gasteiger partial charge in [0.15, 0.2) is 0 Å². The monoisotopic (exact) mass is 251 g/mol. The summed E-state index contributed by atoms with van der Waals surface area (Å²) >= 11 is 0. The van der Waals surface area contributed by atoms with Gasteiger partial charge in [-0.3, -0.25) is 0 Å². The van der Waals surface area contributed by atoms with Gasteiger partial charge in [-0.1, -0.05) is 5.16 Å². The quantitative estimate of drug-likeness (QED) is 0.715. The van der Waals surface area contributed by atoms with Crippen molar-refractivity contribution in [1.82, 2.24) is 20.1 Å². The molecule has 2 heterocycles. The molecule has 8 nitrogen and oxygen atoms in total. The highest BCUT2D eigenvalue weighted by atomic mass is 16.5. The summed E-state index contributed by atoms with van der Waals surface area (Å²) in [5.41, 5.74) is 5.82. The molecule has 0 atom stereocenters. The zero-order valence-electron chi connectivity index (χ0n) is 9.87. The van der Waals surface area contributed by atoms with Gasteiger partial charge in [0.2, 0.25) is 11.7 Å². The van der Waals surface area contributed by atoms with Crippen LogP contribution in [0, 0.1) is 0 Å². The summed E-state index contributed by atoms with van der Waals surface area (Å²) in [5.74, 6) is 1.17. The zero-order chi connectivity index (χ0) is 12.8. The molecule has 0 bridgehead atoms. The maximum Gasteiger partial charge on any atom is 0.253 e. The van der Waals surface area contributed by atoms with Crippen LogP contribution in [0.15, 0.2) is 16.9 Å². The molecule has 18 heavy (non-hydrogen) atoms. The normalized spacial score (nSPS) is 10.6. The highest BCUT2D eigenvalue weighted by Gasteiger charge is 2.11. The highest BCUT2D eigenvalue weighted by molar-refractivity contribution is 5.48. The molecule has 8 heteroatoms. The summed E-state index contributed by atoms with van der Waals surface area (Å²) in [6, 6.07) is 1.62. The number of aromatic nitrogens is 4. The minimum atomic E-state index is 0.229. The van der Waals surface area contributed by atoms with E-state index in [4.69, 9.17) is 19.7 Å². The standard InChI is InChI=1S/C10H13N5O3/c1-16-8-4-7(12-6-13-8)10-14-9(18-15-10)5-17-3-2-11/h4,6H,2-3,5,11H2,1H3. The molecule has 0 aromatic carbocycles. The number of nitrogens with zero attached hydrogens (tertiary/aromatic N) is 4. The van der Waals surface area contributed by atoms with Gasteiger partial charge in [-0.25, -0.2) is 9.97 Å². The van der Waals surface area contributed by atoms with Crippen LogP contribution in [0.25, 0.3) is 11.5 Å². The van der Waals surface area contributed by atoms with Crippen LogP contribution in [-0.4, -0.2) is 40.4 Å². The maximum atomic E-state index is 5.30. The lowest BCUT2D eigenvalue weighted by Gasteiger charge is -1.98. The van der Waals surface area contributed by atoms with Crippen molar-refractivity contribution in [2.24, 2.45) is 5.73 Å². The lowest BCUT2D eigenvalue weighted by molar-refractivity contribution is 0.104. The van der Waals surface area contributed by atoms with Crippen LogP contribution in [0.3, 0.4) is 0 Å². The first-order chi connectivity index (χ1) is 8.83. The van der Waals surface area contributed by atoms with Crippen molar-refractivity contribution in [1.29, 1.82) is 0 Å². The predicted molar refractivity (Wildman–Crippen MR) is 60.6 cm³/mol. The van der Waals surface area contributed by atoms with Crippen LogP contribution in [0.5, 0.6) is 5.88 Å². The topological polar surface area (TPSA) is 109 Å². The third-order valence-electron chi connectivity index (χ3n) is 2.04. The summed E-state index contributed by atoms with van der Waals surface area (Å²) in [6.07, 6.45) is 1.37. The van der Waals surface area contributed by atoms with Crippen LogP contribution in [0.1, 0.15) is 5.89 Å². The molecule has 0 aliphatic heterocycles. The fourth-order valence-electron chi connectivity index (χ4n) is 1.23. The second-order valence-corrected chi connectivity index (χ2v) is 3.30. The molecule has 2 aromatic rings. The van der Waals surface area contributed by atoms with E-state index < -0.39 is 0 Å². The first-order valence-corrected chi connectivity index (χ1v) is 5.30. The van der Waals surface area contributed by atoms with E-state index in [0.717, 1.165) is 0 Å². The summed E-state index contributed by atoms with van der Waals surface area (Å²) in [6.45, 7) is 1.12. The number of nitrogens with two attached hydrogens (primary N) is 1. The van der Waals surface area contributed by atoms with E-state index in [0.29, 0.717) is 36.4 Å². The number of rotatable bonds is 6. The van der Waals surface area contributed by atoms with E-state index >= 15 is 0 Å². The molecule has 2 N–H and O–H groups in total.